The highest BCUT2D eigenvalue weighted by molar-refractivity contribution is 6.01. The van der Waals surface area contributed by atoms with Gasteiger partial charge in [-0.25, -0.2) is 29.6 Å². The van der Waals surface area contributed by atoms with Crippen molar-refractivity contribution in [1.82, 2.24) is 65.0 Å². The molecule has 784 valence electrons. The van der Waals surface area contributed by atoms with Crippen molar-refractivity contribution >= 4 is 55.2 Å². The molecule has 9 heterocycles. The Kier molecular flexibility index (Phi) is 12.9. The molecule has 0 saturated heterocycles. The minimum atomic E-state index is -0.529. The molecule has 5 saturated carbocycles. The summed E-state index contributed by atoms with van der Waals surface area (Å²) in [6.07, 6.45) is 34.0. The van der Waals surface area contributed by atoms with Gasteiger partial charge in [0.1, 0.15) is 36.3 Å². The molecule has 13 aromatic rings. The number of ether oxygens (including phenoxy) is 5. The fourth-order valence-electron chi connectivity index (χ4n) is 24.8. The lowest BCUT2D eigenvalue weighted by Gasteiger charge is -2.50. The molecule has 12 aliphatic carbocycles. The Hall–Kier alpha value is -13.2. The van der Waals surface area contributed by atoms with Crippen LogP contribution in [0.15, 0.2) is 180 Å². The van der Waals surface area contributed by atoms with Gasteiger partial charge in [-0.1, -0.05) is 139 Å². The van der Waals surface area contributed by atoms with Crippen molar-refractivity contribution in [3.63, 3.8) is 0 Å². The number of hydrogen-bond donors (Lipinski definition) is 1. The number of ketones is 2. The molecule has 24 heteroatoms. The quantitative estimate of drug-likeness (QED) is 0.105. The molecule has 136 heavy (non-hydrogen) atoms. The number of allylic oxidation sites excluding steroid dienone is 4. The number of benzene rings is 4. The second-order valence-corrected chi connectivity index (χ2v) is 41.0. The van der Waals surface area contributed by atoms with E-state index in [1.807, 2.05) is 142 Å². The molecule has 1 unspecified atom stereocenters. The number of aliphatic hydroxyl groups is 1. The molecular formula is C112H207N15O9. The lowest BCUT2D eigenvalue weighted by Crippen LogP contribution is -2.53. The first-order valence-corrected chi connectivity index (χ1v) is 49.2. The molecule has 0 amide bonds. The number of methoxy groups -OCH3 is 1. The third-order valence-electron chi connectivity index (χ3n) is 33.3. The van der Waals surface area contributed by atoms with Crippen LogP contribution in [0, 0.1) is 54.6 Å². The molecule has 0 bridgehead atoms. The van der Waals surface area contributed by atoms with Crippen LogP contribution < -0.4 is 18.9 Å². The number of carbonyl (C=O) groups excluding carboxylic acids is 2. The summed E-state index contributed by atoms with van der Waals surface area (Å²) in [7, 11) is 1.64. The zero-order valence-electron chi connectivity index (χ0n) is 173. The van der Waals surface area contributed by atoms with Crippen LogP contribution in [-0.4, -0.2) is 119 Å². The first-order chi connectivity index (χ1) is 113. The largest absolute Gasteiger partial charge is 0.523 e. The van der Waals surface area contributed by atoms with Crippen molar-refractivity contribution in [2.75, 3.05) is 7.11 Å². The third-order valence-corrected chi connectivity index (χ3v) is 33.3. The molecule has 12 aliphatic rings. The minimum absolute atomic E-state index is 0.0544. The Morgan fingerprint density at radius 1 is 0.426 bits per heavy atom. The van der Waals surface area contributed by atoms with E-state index in [-0.39, 0.29) is 99.2 Å². The molecule has 25 rings (SSSR count). The van der Waals surface area contributed by atoms with E-state index in [9.17, 15) is 14.7 Å². The molecule has 24 nitrogen and oxygen atoms in total. The van der Waals surface area contributed by atoms with Crippen molar-refractivity contribution in [3.05, 3.63) is 255 Å². The third kappa shape index (κ3) is 15.1. The summed E-state index contributed by atoms with van der Waals surface area (Å²) < 4.78 is 507. The number of Topliss-reactive ketones (excluding diaryl/α,β-unsaturated/α-hetero) is 2. The predicted octanol–water partition coefficient (Wildman–Crippen LogP) is 34.1. The van der Waals surface area contributed by atoms with E-state index in [0.717, 1.165) is 238 Å². The van der Waals surface area contributed by atoms with Gasteiger partial charge in [0.15, 0.2) is 34.9 Å². The number of carbonyl (C=O) groups is 2. The van der Waals surface area contributed by atoms with Gasteiger partial charge in [0, 0.05) is 288 Å². The zero-order chi connectivity index (χ0) is 187. The molecular weight excluding hydrogens is 1700 g/mol. The van der Waals surface area contributed by atoms with Gasteiger partial charge in [0.2, 0.25) is 34.9 Å². The second kappa shape index (κ2) is 35.2. The van der Waals surface area contributed by atoms with Crippen molar-refractivity contribution < 1.29 is 182 Å². The second-order valence-electron chi connectivity index (χ2n) is 41.0. The van der Waals surface area contributed by atoms with Gasteiger partial charge in [-0.2, -0.15) is 19.9 Å². The zero-order valence-corrected chi connectivity index (χ0v) is 78.7. The summed E-state index contributed by atoms with van der Waals surface area (Å²) in [5.74, 6) is 7.90. The Balaban J connectivity index is -0.0000000856. The van der Waals surface area contributed by atoms with E-state index < -0.39 is 11.5 Å². The van der Waals surface area contributed by atoms with Gasteiger partial charge in [-0.15, -0.1) is 0 Å². The molecule has 0 radical (unpaired) electrons. The van der Waals surface area contributed by atoms with Gasteiger partial charge in [0.25, 0.3) is 0 Å². The topological polar surface area (TPSA) is 290 Å². The van der Waals surface area contributed by atoms with E-state index in [4.69, 9.17) is 221 Å². The molecule has 1 N–H and O–H groups in total. The Morgan fingerprint density at radius 3 is 1.17 bits per heavy atom. The fourth-order valence-corrected chi connectivity index (χ4v) is 24.8. The average Bonchev–Trinajstić information content (AvgIpc) is 0.977. The van der Waals surface area contributed by atoms with E-state index >= 15 is 0 Å². The first-order valence-electron chi connectivity index (χ1n) is 96.2. The fraction of sp³-hybridized carbons (Fsp3) is 0.438. The molecule has 4 aromatic carbocycles. The normalized spacial score (nSPS) is 29.6. The van der Waals surface area contributed by atoms with Gasteiger partial charge < -0.3 is 38.1 Å². The maximum Gasteiger partial charge on any atom is 0.226 e. The van der Waals surface area contributed by atoms with Crippen LogP contribution >= 0.6 is 0 Å². The van der Waals surface area contributed by atoms with Crippen LogP contribution in [0.4, 0.5) is 0 Å². The van der Waals surface area contributed by atoms with Crippen LogP contribution in [0.1, 0.15) is 373 Å². The highest BCUT2D eigenvalue weighted by Gasteiger charge is 2.57. The molecule has 0 aliphatic heterocycles. The Morgan fingerprint density at radius 2 is 0.787 bits per heavy atom. The number of hydrogen-bond acceptors (Lipinski definition) is 22. The highest BCUT2D eigenvalue weighted by Crippen LogP contribution is 2.60. The van der Waals surface area contributed by atoms with Crippen LogP contribution in [0.3, 0.4) is 0 Å². The number of fused-ring (bicyclic) bond motifs is 17. The van der Waals surface area contributed by atoms with Crippen LogP contribution in [-0.2, 0) is 68.1 Å². The van der Waals surface area contributed by atoms with Gasteiger partial charge in [0.05, 0.1) is 69.9 Å². The Labute approximate surface area is 937 Å². The Bertz CT molecular complexity index is 7330. The van der Waals surface area contributed by atoms with Crippen molar-refractivity contribution in [2.24, 2.45) is 41.4 Å². The van der Waals surface area contributed by atoms with Crippen LogP contribution in [0.25, 0.3) is 98.9 Å². The molecule has 13 atom stereocenters. The summed E-state index contributed by atoms with van der Waals surface area (Å²) in [5.41, 5.74) is 16.5. The van der Waals surface area contributed by atoms with E-state index in [1.165, 1.54) is 36.8 Å². The maximum absolute atomic E-state index is 13.0. The first kappa shape index (κ1) is 50.0. The van der Waals surface area contributed by atoms with Gasteiger partial charge in [-0.3, -0.25) is 24.7 Å². The number of rotatable bonds is 13. The molecule has 5 fully saturated rings. The van der Waals surface area contributed by atoms with Crippen molar-refractivity contribution in [3.8, 4) is 69.1 Å². The standard InChI is InChI=1S/2C28H28N4O2.C28H26N4O2.C28H31N3O3.47H2/c1-16-22-11-10-21-25(28(22,2)14-17-15-30-34-24(16)17)31-26(32-27(21)33-18-6-5-7-18)20-12-13-29-23-9-4-3-8-19(20)23;2*1-16-21-12-11-20-25(28(21,2)15-23(29-3)24(16)33)31-26(32-27(20)34-17-7-6-8-17)19-13-14-30-22-10-5-4-9-18(19)22;1-16-21-12-11-20-25(28(21,2)15-23(33-3)24(16)32)30-26(31-27(20)34-17-7-6-8-17)19-13-14-29-22-10-5-4-9-18(19)22;;;;;;;;;;;;;;;;;;;;;;;;;;;;;;;;;;;;;;;;;;;;;;;/h3-4,8-9,12-13,15-16,18,22H,5-7,10-11,14H2,1-2H3;4-5,9-10,13-14,16-17,21,33H,6-8,11-12,15H2,1-2H3;4-5,9-10,13-17,21H,6-8,11-12H2,1-2H3;4-5,9-10,13-14,16-17,21,23H,6-8,11-12,15H2,1-3H3;47*1H/t16-,22-,28-;2*16-,21-,28-;16-,21-,23?,28-;;;;;;;;;;;;;;;;;;;;;;;;;;;;;;;;;;;;;;;;;;;;;;;/m1111.............................................../s1/i;;;;47*1+2T. The maximum atomic E-state index is 13.0. The molecule has 9 aromatic heterocycles. The SMILES string of the molecule is COC1C[C@@]2(C)c3nc(-c4ccnc5ccccc45)nc(OC4CCC4)c3CC[C@@H]2[C@@H](C)C1=O.C[C@H]1c2oncc2C[C@@]2(C)c3nc(-c4ccnc5ccccc45)nc(OC4CCC4)c3CC[C@H]12.[3H][3H].[3H][3H].[3H][3H].[3H][3H].[3H][3H].[3H][3H].[3H][3H].[3H][3H].[3H][3H].[3H][3H].[3H][3H].[3H][3H].[3H][3H].[3H][3H].[3H][3H].[3H][3H].[3H][3H].[3H][3H].[3H][3H].[3H][3H].[3H][3H].[3H][3H].[3H][3H].[3H][3H].[3H][3H].[3H][3H].[3H][3H].[3H][3H].[3H][3H].[3H][3H].[3H][3H].[3H][3H].[3H][3H].[3H][3H].[3H][3H].[3H][3H].[3H][3H].[3H][3H].[3H][3H].[3H][3H].[3H][3H].[3H][3H].[3H][3H].[3H][3H].[3H][3H].[3H][3H].[3H][3H].[C-]#[N+]C1=C(O)[C@H](C)[C@H]2CCc3c(OC4CCC4)nc(-c4ccnc5ccccc45)nc3[C@]2(C)C1.[C-]#[N+]C1=C[C@@]2(C)c3nc(-c4ccnc5ccccc45)nc(OC4CCC4)c3CC[C@@H]2[C@@H](C)C1=O. The predicted molar refractivity (Wildman–Crippen MR) is 617 cm³/mol. The van der Waals surface area contributed by atoms with E-state index in [0.29, 0.717) is 59.6 Å². The summed E-state index contributed by atoms with van der Waals surface area (Å²) in [6.45, 7) is 32.6. The number of aliphatic hydroxyl groups excluding tert-OH is 1. The van der Waals surface area contributed by atoms with Crippen molar-refractivity contribution in [2.45, 2.75) is 261 Å². The average molecular weight is 2100 g/mol. The monoisotopic (exact) mass is 2100 g/mol. The smallest absolute Gasteiger partial charge is 0.226 e. The lowest BCUT2D eigenvalue weighted by molar-refractivity contribution is -0.143. The highest BCUT2D eigenvalue weighted by atomic mass is 16.5. The van der Waals surface area contributed by atoms with Crippen LogP contribution in [0.2, 0.25) is 0 Å². The number of pyridine rings is 4. The number of para-hydroxylation sites is 4. The van der Waals surface area contributed by atoms with Crippen LogP contribution in [0.5, 0.6) is 23.5 Å². The van der Waals surface area contributed by atoms with Gasteiger partial charge >= 0.3 is 0 Å². The number of nitrogens with zero attached hydrogens (tertiary/aromatic N) is 15. The van der Waals surface area contributed by atoms with E-state index in [2.05, 4.69) is 94.5 Å². The minimum Gasteiger partial charge on any atom is -0.523 e. The van der Waals surface area contributed by atoms with Crippen molar-refractivity contribution in [1.29, 1.82) is 0 Å². The number of aromatic nitrogens is 13. The summed E-state index contributed by atoms with van der Waals surface area (Å²) in [4.78, 5) is 92.1. The molecule has 0 spiro atoms. The van der Waals surface area contributed by atoms with Gasteiger partial charge in [-0.05, 0) is 220 Å². The summed E-state index contributed by atoms with van der Waals surface area (Å²) in [6, 6.07) is 40.3. The van der Waals surface area contributed by atoms with E-state index in [1.54, 1.807) is 19.5 Å². The summed E-state index contributed by atoms with van der Waals surface area (Å²) >= 11 is 0. The summed E-state index contributed by atoms with van der Waals surface area (Å²) in [5, 5.41) is 18.9. The lowest BCUT2D eigenvalue weighted by atomic mass is 9.55.